The second-order valence-electron chi connectivity index (χ2n) is 15.0. The van der Waals surface area contributed by atoms with Crippen LogP contribution in [0, 0.1) is 0 Å². The molecule has 0 heterocycles. The molecule has 1 aromatic rings. The molecule has 1 N–H and O–H groups in total. The zero-order valence-electron chi connectivity index (χ0n) is 34.5. The highest BCUT2D eigenvalue weighted by Crippen LogP contribution is 2.20. The van der Waals surface area contributed by atoms with Crippen LogP contribution in [0.4, 0.5) is 0 Å². The van der Waals surface area contributed by atoms with Crippen LogP contribution in [0.3, 0.4) is 0 Å². The first kappa shape index (κ1) is 49.6. The normalized spacial score (nSPS) is 11.9. The van der Waals surface area contributed by atoms with Crippen molar-refractivity contribution >= 4 is 22.1 Å². The number of carbonyl (C=O) groups excluding carboxylic acids is 2. The molecule has 0 atom stereocenters. The van der Waals surface area contributed by atoms with Crippen molar-refractivity contribution in [2.45, 2.75) is 211 Å². The van der Waals surface area contributed by atoms with E-state index in [9.17, 15) is 22.6 Å². The number of esters is 2. The molecule has 0 spiro atoms. The fourth-order valence-corrected chi connectivity index (χ4v) is 7.08. The topological polar surface area (TPSA) is 107 Å². The summed E-state index contributed by atoms with van der Waals surface area (Å²) < 4.78 is 43.9. The van der Waals surface area contributed by atoms with Gasteiger partial charge in [-0.2, -0.15) is 8.42 Å². The highest BCUT2D eigenvalue weighted by Gasteiger charge is 2.23. The third-order valence-electron chi connectivity index (χ3n) is 10.0. The monoisotopic (exact) mass is 775 g/mol. The number of hydrogen-bond donors (Lipinski definition) is 1. The summed E-state index contributed by atoms with van der Waals surface area (Å²) in [7, 11) is -4.57. The Morgan fingerprint density at radius 1 is 0.481 bits per heavy atom. The van der Waals surface area contributed by atoms with Gasteiger partial charge in [-0.3, -0.25) is 4.55 Å². The molecule has 0 aliphatic carbocycles. The van der Waals surface area contributed by atoms with Gasteiger partial charge in [-0.15, -0.1) is 0 Å². The van der Waals surface area contributed by atoms with E-state index in [4.69, 9.17) is 9.47 Å². The fourth-order valence-electron chi connectivity index (χ4n) is 6.57. The standard InChI is InChI=1S/C46H78O7S/c1-3-5-7-9-11-13-15-17-19-21-23-25-27-29-31-33-35-39-52-45(47)43-38-37-42(54(49,50)51)41-44(43)46(48)53-40-36-34-32-30-28-26-24-22-20-18-16-14-12-10-8-6-4-2/h11-14,37-38,41H,3-10,15-36,39-40H2,1-2H3,(H,49,50,51)/b13-11+,14-12+. The average Bonchev–Trinajstić information content (AvgIpc) is 3.16. The summed E-state index contributed by atoms with van der Waals surface area (Å²) in [4.78, 5) is 25.4. The van der Waals surface area contributed by atoms with Crippen molar-refractivity contribution in [3.63, 3.8) is 0 Å². The van der Waals surface area contributed by atoms with Gasteiger partial charge in [0, 0.05) is 0 Å². The quantitative estimate of drug-likeness (QED) is 0.0310. The molecule has 0 amide bonds. The van der Waals surface area contributed by atoms with Gasteiger partial charge in [0.25, 0.3) is 10.1 Å². The van der Waals surface area contributed by atoms with Crippen molar-refractivity contribution in [3.05, 3.63) is 53.6 Å². The lowest BCUT2D eigenvalue weighted by molar-refractivity contribution is 0.0450. The van der Waals surface area contributed by atoms with Crippen LogP contribution in [0.15, 0.2) is 47.4 Å². The highest BCUT2D eigenvalue weighted by atomic mass is 32.2. The molecule has 8 heteroatoms. The molecule has 7 nitrogen and oxygen atoms in total. The van der Waals surface area contributed by atoms with E-state index in [2.05, 4.69) is 38.2 Å². The summed E-state index contributed by atoms with van der Waals surface area (Å²) in [6.07, 6.45) is 45.1. The molecule has 0 unspecified atom stereocenters. The summed E-state index contributed by atoms with van der Waals surface area (Å²) in [5.74, 6) is -1.50. The van der Waals surface area contributed by atoms with Crippen molar-refractivity contribution in [1.29, 1.82) is 0 Å². The van der Waals surface area contributed by atoms with Crippen LogP contribution < -0.4 is 0 Å². The second-order valence-corrected chi connectivity index (χ2v) is 16.5. The summed E-state index contributed by atoms with van der Waals surface area (Å²) in [6, 6.07) is 3.30. The Kier molecular flexibility index (Phi) is 32.1. The van der Waals surface area contributed by atoms with Gasteiger partial charge in [-0.05, 0) is 82.4 Å². The minimum atomic E-state index is -4.57. The Hall–Kier alpha value is -2.45. The van der Waals surface area contributed by atoms with Gasteiger partial charge in [0.15, 0.2) is 0 Å². The molecular weight excluding hydrogens is 697 g/mol. The Morgan fingerprint density at radius 3 is 1.15 bits per heavy atom. The third kappa shape index (κ3) is 28.0. The zero-order valence-corrected chi connectivity index (χ0v) is 35.3. The summed E-state index contributed by atoms with van der Waals surface area (Å²) in [5.41, 5.74) is -0.272. The maximum atomic E-state index is 13.0. The van der Waals surface area contributed by atoms with Crippen molar-refractivity contribution in [3.8, 4) is 0 Å². The molecule has 1 rings (SSSR count). The smallest absolute Gasteiger partial charge is 0.339 e. The number of rotatable bonds is 37. The largest absolute Gasteiger partial charge is 0.462 e. The van der Waals surface area contributed by atoms with Crippen LogP contribution in [0.1, 0.15) is 227 Å². The molecule has 310 valence electrons. The minimum absolute atomic E-state index is 0.0609. The molecule has 0 saturated heterocycles. The van der Waals surface area contributed by atoms with Crippen molar-refractivity contribution in [2.24, 2.45) is 0 Å². The van der Waals surface area contributed by atoms with Gasteiger partial charge in [0.05, 0.1) is 29.2 Å². The van der Waals surface area contributed by atoms with Crippen LogP contribution in [-0.2, 0) is 19.6 Å². The van der Waals surface area contributed by atoms with Crippen LogP contribution in [-0.4, -0.2) is 38.1 Å². The number of benzene rings is 1. The number of hydrogen-bond acceptors (Lipinski definition) is 6. The van der Waals surface area contributed by atoms with E-state index in [0.717, 1.165) is 50.7 Å². The first-order valence-corrected chi connectivity index (χ1v) is 23.5. The number of allylic oxidation sites excluding steroid dienone is 4. The van der Waals surface area contributed by atoms with Crippen LogP contribution in [0.2, 0.25) is 0 Å². The van der Waals surface area contributed by atoms with Gasteiger partial charge < -0.3 is 9.47 Å². The van der Waals surface area contributed by atoms with E-state index in [1.165, 1.54) is 154 Å². The Labute approximate surface area is 331 Å². The van der Waals surface area contributed by atoms with Gasteiger partial charge in [0.2, 0.25) is 0 Å². The van der Waals surface area contributed by atoms with E-state index >= 15 is 0 Å². The maximum Gasteiger partial charge on any atom is 0.339 e. The van der Waals surface area contributed by atoms with E-state index in [-0.39, 0.29) is 24.3 Å². The number of carbonyl (C=O) groups is 2. The van der Waals surface area contributed by atoms with E-state index in [1.54, 1.807) is 0 Å². The molecule has 0 aliphatic heterocycles. The maximum absolute atomic E-state index is 13.0. The van der Waals surface area contributed by atoms with Gasteiger partial charge in [-0.1, -0.05) is 167 Å². The van der Waals surface area contributed by atoms with Gasteiger partial charge in [-0.25, -0.2) is 9.59 Å². The van der Waals surface area contributed by atoms with E-state index in [0.29, 0.717) is 6.42 Å². The molecule has 0 saturated carbocycles. The molecular formula is C46H78O7S. The zero-order chi connectivity index (χ0) is 39.4. The summed E-state index contributed by atoms with van der Waals surface area (Å²) >= 11 is 0. The number of ether oxygens (including phenoxy) is 2. The third-order valence-corrected chi connectivity index (χ3v) is 10.9. The summed E-state index contributed by atoms with van der Waals surface area (Å²) in [5, 5.41) is 0. The predicted octanol–water partition coefficient (Wildman–Crippen LogP) is 14.1. The van der Waals surface area contributed by atoms with Crippen molar-refractivity contribution in [2.75, 3.05) is 13.2 Å². The van der Waals surface area contributed by atoms with Crippen LogP contribution >= 0.6 is 0 Å². The fraction of sp³-hybridized carbons (Fsp3) is 0.739. The first-order valence-electron chi connectivity index (χ1n) is 22.1. The van der Waals surface area contributed by atoms with E-state index < -0.39 is 27.0 Å². The minimum Gasteiger partial charge on any atom is -0.462 e. The predicted molar refractivity (Wildman–Crippen MR) is 225 cm³/mol. The molecule has 0 radical (unpaired) electrons. The molecule has 0 fully saturated rings. The molecule has 54 heavy (non-hydrogen) atoms. The highest BCUT2D eigenvalue weighted by molar-refractivity contribution is 7.85. The van der Waals surface area contributed by atoms with Crippen LogP contribution in [0.5, 0.6) is 0 Å². The SMILES string of the molecule is CCCCC/C=C/CCCCCCCCCCCCOC(=O)c1ccc(S(=O)(=O)O)cc1C(=O)OCCCCCCCCCCCC/C=C/CCCCC. The lowest BCUT2D eigenvalue weighted by Crippen LogP contribution is -2.16. The molecule has 0 aromatic heterocycles. The van der Waals surface area contributed by atoms with Crippen molar-refractivity contribution in [1.82, 2.24) is 0 Å². The lowest BCUT2D eigenvalue weighted by Gasteiger charge is -2.11. The Bertz CT molecular complexity index is 1240. The van der Waals surface area contributed by atoms with E-state index in [1.807, 2.05) is 0 Å². The first-order chi connectivity index (χ1) is 26.3. The van der Waals surface area contributed by atoms with Gasteiger partial charge in [0.1, 0.15) is 0 Å². The molecule has 0 bridgehead atoms. The summed E-state index contributed by atoms with van der Waals surface area (Å²) in [6.45, 7) is 4.87. The molecule has 0 aliphatic rings. The lowest BCUT2D eigenvalue weighted by atomic mass is 10.1. The second kappa shape index (κ2) is 35.0. The van der Waals surface area contributed by atoms with Crippen molar-refractivity contribution < 1.29 is 32.0 Å². The number of unbranched alkanes of at least 4 members (excludes halogenated alkanes) is 26. The van der Waals surface area contributed by atoms with Gasteiger partial charge >= 0.3 is 11.9 Å². The Balaban J connectivity index is 2.21. The average molecular weight is 775 g/mol. The Morgan fingerprint density at radius 2 is 0.796 bits per heavy atom. The van der Waals surface area contributed by atoms with Crippen LogP contribution in [0.25, 0.3) is 0 Å². The molecule has 1 aromatic carbocycles.